The van der Waals surface area contributed by atoms with Crippen LogP contribution in [0.2, 0.25) is 0 Å². The summed E-state index contributed by atoms with van der Waals surface area (Å²) in [6, 6.07) is 4.18. The minimum atomic E-state index is 1.03. The average Bonchev–Trinajstić information content (AvgIpc) is 2.51. The van der Waals surface area contributed by atoms with Crippen LogP contribution in [-0.2, 0) is 6.54 Å². The Kier molecular flexibility index (Phi) is 2.64. The van der Waals surface area contributed by atoms with Crippen molar-refractivity contribution in [2.24, 2.45) is 0 Å². The molecule has 14 heavy (non-hydrogen) atoms. The number of nitrogens with zero attached hydrogens (tertiary/aromatic N) is 1. The van der Waals surface area contributed by atoms with E-state index in [0.717, 1.165) is 22.5 Å². The smallest absolute Gasteiger partial charge is 0.158 e. The highest BCUT2D eigenvalue weighted by molar-refractivity contribution is 5.04. The van der Waals surface area contributed by atoms with Crippen molar-refractivity contribution >= 4 is 0 Å². The largest absolute Gasteiger partial charge is 0.460 e. The first kappa shape index (κ1) is 9.78. The van der Waals surface area contributed by atoms with Crippen molar-refractivity contribution < 1.29 is 8.90 Å². The summed E-state index contributed by atoms with van der Waals surface area (Å²) in [5, 5.41) is 0. The second kappa shape index (κ2) is 3.77. The van der Waals surface area contributed by atoms with Gasteiger partial charge in [0.2, 0.25) is 0 Å². The lowest BCUT2D eigenvalue weighted by molar-refractivity contribution is -0.927. The number of rotatable bonds is 2. The van der Waals surface area contributed by atoms with E-state index in [1.807, 2.05) is 6.92 Å². The van der Waals surface area contributed by atoms with Gasteiger partial charge in [0, 0.05) is 0 Å². The third kappa shape index (κ3) is 2.18. The van der Waals surface area contributed by atoms with Crippen molar-refractivity contribution in [1.82, 2.24) is 0 Å². The van der Waals surface area contributed by atoms with Gasteiger partial charge in [0.25, 0.3) is 0 Å². The molecule has 2 nitrogen and oxygen atoms in total. The van der Waals surface area contributed by atoms with Gasteiger partial charge in [0.15, 0.2) is 5.76 Å². The van der Waals surface area contributed by atoms with Crippen molar-refractivity contribution in [3.8, 4) is 0 Å². The van der Waals surface area contributed by atoms with Crippen LogP contribution < -0.4 is 0 Å². The summed E-state index contributed by atoms with van der Waals surface area (Å²) in [6.07, 6.45) is 4.15. The monoisotopic (exact) mass is 194 g/mol. The molecular weight excluding hydrogens is 174 g/mol. The molecule has 1 aromatic rings. The Labute approximate surface area is 86.1 Å². The molecule has 0 N–H and O–H groups in total. The molecule has 2 rings (SSSR count). The fourth-order valence-corrected chi connectivity index (χ4v) is 2.38. The molecule has 1 aliphatic rings. The second-order valence-electron chi connectivity index (χ2n) is 4.80. The Bertz CT molecular complexity index is 297. The van der Waals surface area contributed by atoms with E-state index in [1.54, 1.807) is 0 Å². The molecule has 2 heteroatoms. The lowest BCUT2D eigenvalue weighted by Gasteiger charge is -2.37. The van der Waals surface area contributed by atoms with Crippen LogP contribution >= 0.6 is 0 Å². The number of aryl methyl sites for hydroxylation is 1. The van der Waals surface area contributed by atoms with E-state index >= 15 is 0 Å². The molecule has 0 aliphatic carbocycles. The van der Waals surface area contributed by atoms with Gasteiger partial charge in [-0.3, -0.25) is 0 Å². The summed E-state index contributed by atoms with van der Waals surface area (Å²) >= 11 is 0. The second-order valence-corrected chi connectivity index (χ2v) is 4.80. The van der Waals surface area contributed by atoms with E-state index in [1.165, 1.54) is 32.4 Å². The first-order valence-electron chi connectivity index (χ1n) is 5.57. The van der Waals surface area contributed by atoms with Gasteiger partial charge in [-0.15, -0.1) is 0 Å². The van der Waals surface area contributed by atoms with Crippen LogP contribution in [0, 0.1) is 6.92 Å². The van der Waals surface area contributed by atoms with Gasteiger partial charge in [0.05, 0.1) is 20.1 Å². The number of piperidine rings is 1. The predicted molar refractivity (Wildman–Crippen MR) is 56.9 cm³/mol. The molecule has 1 aliphatic heterocycles. The van der Waals surface area contributed by atoms with Crippen LogP contribution in [0.5, 0.6) is 0 Å². The lowest BCUT2D eigenvalue weighted by atomic mass is 10.1. The number of hydrogen-bond acceptors (Lipinski definition) is 1. The third-order valence-corrected chi connectivity index (χ3v) is 3.23. The summed E-state index contributed by atoms with van der Waals surface area (Å²) in [4.78, 5) is 0. The van der Waals surface area contributed by atoms with Crippen LogP contribution in [0.1, 0.15) is 30.8 Å². The van der Waals surface area contributed by atoms with Gasteiger partial charge in [-0.2, -0.15) is 0 Å². The van der Waals surface area contributed by atoms with Crippen LogP contribution in [0.3, 0.4) is 0 Å². The van der Waals surface area contributed by atoms with Gasteiger partial charge in [-0.05, 0) is 38.3 Å². The van der Waals surface area contributed by atoms with Crippen LogP contribution in [-0.4, -0.2) is 24.6 Å². The summed E-state index contributed by atoms with van der Waals surface area (Å²) in [7, 11) is 2.34. The van der Waals surface area contributed by atoms with Gasteiger partial charge < -0.3 is 8.90 Å². The molecule has 0 amide bonds. The SMILES string of the molecule is Cc1ccc(C[N+]2(C)CCCCC2)o1. The van der Waals surface area contributed by atoms with Crippen molar-refractivity contribution in [2.45, 2.75) is 32.7 Å². The first-order valence-corrected chi connectivity index (χ1v) is 5.57. The fraction of sp³-hybridized carbons (Fsp3) is 0.667. The van der Waals surface area contributed by atoms with Crippen LogP contribution in [0.15, 0.2) is 16.5 Å². The molecule has 2 heterocycles. The zero-order valence-electron chi connectivity index (χ0n) is 9.25. The third-order valence-electron chi connectivity index (χ3n) is 3.23. The molecule has 0 spiro atoms. The number of hydrogen-bond donors (Lipinski definition) is 0. The van der Waals surface area contributed by atoms with Crippen molar-refractivity contribution in [1.29, 1.82) is 0 Å². The van der Waals surface area contributed by atoms with E-state index < -0.39 is 0 Å². The predicted octanol–water partition coefficient (Wildman–Crippen LogP) is 2.72. The molecule has 0 radical (unpaired) electrons. The van der Waals surface area contributed by atoms with Gasteiger partial charge in [0.1, 0.15) is 12.3 Å². The van der Waals surface area contributed by atoms with Crippen molar-refractivity contribution in [3.05, 3.63) is 23.7 Å². The minimum absolute atomic E-state index is 1.03. The Hall–Kier alpha value is -0.760. The topological polar surface area (TPSA) is 13.1 Å². The Morgan fingerprint density at radius 2 is 1.93 bits per heavy atom. The molecule has 0 aromatic carbocycles. The summed E-state index contributed by atoms with van der Waals surface area (Å²) in [5.74, 6) is 2.18. The van der Waals surface area contributed by atoms with Gasteiger partial charge in [-0.25, -0.2) is 0 Å². The Morgan fingerprint density at radius 1 is 1.21 bits per heavy atom. The van der Waals surface area contributed by atoms with E-state index in [9.17, 15) is 0 Å². The van der Waals surface area contributed by atoms with Crippen LogP contribution in [0.4, 0.5) is 0 Å². The maximum absolute atomic E-state index is 5.64. The average molecular weight is 194 g/mol. The van der Waals surface area contributed by atoms with E-state index in [2.05, 4.69) is 19.2 Å². The standard InChI is InChI=1S/C12H20NO/c1-11-6-7-12(14-11)10-13(2)8-4-3-5-9-13/h6-7H,3-5,8-10H2,1-2H3/q+1. The molecular formula is C12H20NO+. The normalized spacial score (nSPS) is 21.0. The zero-order valence-corrected chi connectivity index (χ0v) is 9.25. The van der Waals surface area contributed by atoms with Crippen molar-refractivity contribution in [2.75, 3.05) is 20.1 Å². The lowest BCUT2D eigenvalue weighted by Crippen LogP contribution is -2.46. The molecule has 0 saturated carbocycles. The Morgan fingerprint density at radius 3 is 2.50 bits per heavy atom. The maximum atomic E-state index is 5.64. The molecule has 0 unspecified atom stereocenters. The highest BCUT2D eigenvalue weighted by atomic mass is 16.3. The number of likely N-dealkylation sites (tertiary alicyclic amines) is 1. The molecule has 1 aromatic heterocycles. The molecule has 78 valence electrons. The van der Waals surface area contributed by atoms with E-state index in [0.29, 0.717) is 0 Å². The Balaban J connectivity index is 2.01. The molecule has 0 bridgehead atoms. The summed E-state index contributed by atoms with van der Waals surface area (Å²) < 4.78 is 6.80. The van der Waals surface area contributed by atoms with Gasteiger partial charge in [-0.1, -0.05) is 0 Å². The minimum Gasteiger partial charge on any atom is -0.460 e. The molecule has 1 fully saturated rings. The van der Waals surface area contributed by atoms with Gasteiger partial charge >= 0.3 is 0 Å². The molecule has 0 atom stereocenters. The fourth-order valence-electron chi connectivity index (χ4n) is 2.38. The van der Waals surface area contributed by atoms with E-state index in [-0.39, 0.29) is 0 Å². The quantitative estimate of drug-likeness (QED) is 0.660. The highest BCUT2D eigenvalue weighted by Crippen LogP contribution is 2.20. The van der Waals surface area contributed by atoms with E-state index in [4.69, 9.17) is 4.42 Å². The summed E-state index contributed by atoms with van der Waals surface area (Å²) in [6.45, 7) is 5.69. The first-order chi connectivity index (χ1) is 6.68. The zero-order chi connectivity index (χ0) is 10.0. The maximum Gasteiger partial charge on any atom is 0.158 e. The molecule has 1 saturated heterocycles. The summed E-state index contributed by atoms with van der Waals surface area (Å²) in [5.41, 5.74) is 0. The highest BCUT2D eigenvalue weighted by Gasteiger charge is 2.25. The number of quaternary nitrogens is 1. The van der Waals surface area contributed by atoms with Crippen molar-refractivity contribution in [3.63, 3.8) is 0 Å². The number of furan rings is 1. The van der Waals surface area contributed by atoms with Crippen LogP contribution in [0.25, 0.3) is 0 Å².